The molecule has 1 aromatic rings. The molecule has 0 aromatic carbocycles. The number of carbonyl (C=O) groups is 1. The van der Waals surface area contributed by atoms with Crippen molar-refractivity contribution in [1.29, 1.82) is 0 Å². The number of hydrogen-bond donors (Lipinski definition) is 2. The number of hydrogen-bond acceptors (Lipinski definition) is 5. The number of methoxy groups -OCH3 is 1. The van der Waals surface area contributed by atoms with Crippen LogP contribution in [-0.4, -0.2) is 42.8 Å². The predicted octanol–water partition coefficient (Wildman–Crippen LogP) is -0.178. The van der Waals surface area contributed by atoms with Crippen LogP contribution >= 0.6 is 0 Å². The van der Waals surface area contributed by atoms with Crippen LogP contribution in [0.5, 0.6) is 0 Å². The van der Waals surface area contributed by atoms with Crippen LogP contribution in [0.1, 0.15) is 19.5 Å². The third kappa shape index (κ3) is 3.81. The number of sulfonamides is 1. The molecule has 1 heterocycles. The van der Waals surface area contributed by atoms with Gasteiger partial charge in [0.25, 0.3) is 0 Å². The molecule has 7 nitrogen and oxygen atoms in total. The van der Waals surface area contributed by atoms with E-state index < -0.39 is 27.3 Å². The molecule has 0 spiro atoms. The topological polar surface area (TPSA) is 101 Å². The zero-order valence-electron chi connectivity index (χ0n) is 10.5. The molecular weight excluding hydrogens is 258 g/mol. The highest BCUT2D eigenvalue weighted by molar-refractivity contribution is 7.90. The molecule has 0 bridgehead atoms. The lowest BCUT2D eigenvalue weighted by molar-refractivity contribution is -0.142. The molecule has 1 rings (SSSR count). The first-order chi connectivity index (χ1) is 8.36. The SMILES string of the molecule is COC(=O)[C@H](Cc1cnc[nH]1)NS(=O)(=O)C(C)C. The van der Waals surface area contributed by atoms with Gasteiger partial charge in [0, 0.05) is 18.3 Å². The van der Waals surface area contributed by atoms with Crippen LogP contribution in [0, 0.1) is 0 Å². The first-order valence-electron chi connectivity index (χ1n) is 5.43. The Morgan fingerprint density at radius 3 is 2.67 bits per heavy atom. The average molecular weight is 275 g/mol. The monoisotopic (exact) mass is 275 g/mol. The molecule has 0 saturated carbocycles. The summed E-state index contributed by atoms with van der Waals surface area (Å²) in [6, 6.07) is -0.956. The van der Waals surface area contributed by atoms with Crippen molar-refractivity contribution in [3.63, 3.8) is 0 Å². The lowest BCUT2D eigenvalue weighted by atomic mass is 10.2. The maximum atomic E-state index is 11.7. The number of esters is 1. The molecule has 0 saturated heterocycles. The lowest BCUT2D eigenvalue weighted by Crippen LogP contribution is -2.45. The van der Waals surface area contributed by atoms with E-state index in [4.69, 9.17) is 0 Å². The highest BCUT2D eigenvalue weighted by Gasteiger charge is 2.27. The zero-order chi connectivity index (χ0) is 13.8. The molecule has 8 heteroatoms. The maximum absolute atomic E-state index is 11.7. The summed E-state index contributed by atoms with van der Waals surface area (Å²) >= 11 is 0. The Kier molecular flexibility index (Phi) is 4.85. The Bertz CT molecular complexity index is 481. The number of carbonyl (C=O) groups excluding carboxylic acids is 1. The van der Waals surface area contributed by atoms with Gasteiger partial charge in [-0.3, -0.25) is 4.79 Å². The summed E-state index contributed by atoms with van der Waals surface area (Å²) < 4.78 is 30.4. The minimum atomic E-state index is -3.54. The number of imidazole rings is 1. The van der Waals surface area contributed by atoms with Crippen molar-refractivity contribution in [2.24, 2.45) is 0 Å². The molecule has 0 amide bonds. The number of aromatic amines is 1. The number of H-pyrrole nitrogens is 1. The molecule has 1 aromatic heterocycles. The van der Waals surface area contributed by atoms with E-state index in [0.717, 1.165) is 0 Å². The zero-order valence-corrected chi connectivity index (χ0v) is 11.3. The molecular formula is C10H17N3O4S. The fourth-order valence-electron chi connectivity index (χ4n) is 1.27. The van der Waals surface area contributed by atoms with Crippen molar-refractivity contribution in [2.75, 3.05) is 7.11 Å². The van der Waals surface area contributed by atoms with Crippen LogP contribution in [0.25, 0.3) is 0 Å². The second kappa shape index (κ2) is 5.96. The van der Waals surface area contributed by atoms with Crippen molar-refractivity contribution in [3.05, 3.63) is 18.2 Å². The molecule has 0 fully saturated rings. The van der Waals surface area contributed by atoms with E-state index in [1.165, 1.54) is 33.5 Å². The summed E-state index contributed by atoms with van der Waals surface area (Å²) in [6.07, 6.45) is 3.15. The van der Waals surface area contributed by atoms with Crippen LogP contribution < -0.4 is 4.72 Å². The van der Waals surface area contributed by atoms with Crippen LogP contribution in [0.3, 0.4) is 0 Å². The van der Waals surface area contributed by atoms with Crippen molar-refractivity contribution in [1.82, 2.24) is 14.7 Å². The molecule has 2 N–H and O–H groups in total. The van der Waals surface area contributed by atoms with E-state index in [-0.39, 0.29) is 6.42 Å². The third-order valence-corrected chi connectivity index (χ3v) is 4.25. The molecule has 1 atom stereocenters. The van der Waals surface area contributed by atoms with E-state index in [2.05, 4.69) is 19.4 Å². The van der Waals surface area contributed by atoms with Crippen molar-refractivity contribution in [2.45, 2.75) is 31.6 Å². The number of rotatable bonds is 6. The van der Waals surface area contributed by atoms with Crippen LogP contribution in [-0.2, 0) is 26.0 Å². The Morgan fingerprint density at radius 2 is 2.22 bits per heavy atom. The van der Waals surface area contributed by atoms with Crippen LogP contribution in [0.15, 0.2) is 12.5 Å². The van der Waals surface area contributed by atoms with Gasteiger partial charge in [0.15, 0.2) is 0 Å². The largest absolute Gasteiger partial charge is 0.468 e. The number of nitrogens with zero attached hydrogens (tertiary/aromatic N) is 1. The van der Waals surface area contributed by atoms with Gasteiger partial charge in [-0.2, -0.15) is 0 Å². The average Bonchev–Trinajstić information content (AvgIpc) is 2.79. The Labute approximate surface area is 106 Å². The third-order valence-electron chi connectivity index (χ3n) is 2.39. The van der Waals surface area contributed by atoms with Gasteiger partial charge in [0.1, 0.15) is 6.04 Å². The van der Waals surface area contributed by atoms with Crippen LogP contribution in [0.2, 0.25) is 0 Å². The smallest absolute Gasteiger partial charge is 0.324 e. The van der Waals surface area contributed by atoms with Gasteiger partial charge in [0.2, 0.25) is 10.0 Å². The maximum Gasteiger partial charge on any atom is 0.324 e. The van der Waals surface area contributed by atoms with Crippen molar-refractivity contribution < 1.29 is 17.9 Å². The summed E-state index contributed by atoms with van der Waals surface area (Å²) in [7, 11) is -2.33. The highest BCUT2D eigenvalue weighted by Crippen LogP contribution is 2.05. The summed E-state index contributed by atoms with van der Waals surface area (Å²) in [4.78, 5) is 18.2. The predicted molar refractivity (Wildman–Crippen MR) is 65.3 cm³/mol. The molecule has 18 heavy (non-hydrogen) atoms. The van der Waals surface area contributed by atoms with E-state index in [0.29, 0.717) is 5.69 Å². The molecule has 0 aliphatic carbocycles. The van der Waals surface area contributed by atoms with Crippen molar-refractivity contribution >= 4 is 16.0 Å². The van der Waals surface area contributed by atoms with E-state index in [1.807, 2.05) is 0 Å². The molecule has 0 aliphatic rings. The fraction of sp³-hybridized carbons (Fsp3) is 0.600. The van der Waals surface area contributed by atoms with Gasteiger partial charge in [0.05, 0.1) is 18.7 Å². The first kappa shape index (κ1) is 14.7. The quantitative estimate of drug-likeness (QED) is 0.701. The summed E-state index contributed by atoms with van der Waals surface area (Å²) in [6.45, 7) is 3.07. The normalized spacial score (nSPS) is 13.6. The van der Waals surface area contributed by atoms with Crippen LogP contribution in [0.4, 0.5) is 0 Å². The van der Waals surface area contributed by atoms with E-state index >= 15 is 0 Å². The summed E-state index contributed by atoms with van der Waals surface area (Å²) in [5, 5.41) is -0.619. The summed E-state index contributed by atoms with van der Waals surface area (Å²) in [5.41, 5.74) is 0.650. The molecule has 102 valence electrons. The highest BCUT2D eigenvalue weighted by atomic mass is 32.2. The molecule has 0 unspecified atom stereocenters. The minimum absolute atomic E-state index is 0.165. The van der Waals surface area contributed by atoms with Gasteiger partial charge in [-0.05, 0) is 13.8 Å². The summed E-state index contributed by atoms with van der Waals surface area (Å²) in [5.74, 6) is -0.631. The molecule has 0 radical (unpaired) electrons. The van der Waals surface area contributed by atoms with Gasteiger partial charge >= 0.3 is 5.97 Å². The lowest BCUT2D eigenvalue weighted by Gasteiger charge is -2.17. The fourth-order valence-corrected chi connectivity index (χ4v) is 2.11. The second-order valence-corrected chi connectivity index (χ2v) is 6.34. The number of ether oxygens (including phenoxy) is 1. The minimum Gasteiger partial charge on any atom is -0.468 e. The Balaban J connectivity index is 2.83. The first-order valence-corrected chi connectivity index (χ1v) is 6.97. The molecule has 0 aliphatic heterocycles. The Morgan fingerprint density at radius 1 is 1.56 bits per heavy atom. The van der Waals surface area contributed by atoms with Gasteiger partial charge in [-0.25, -0.2) is 18.1 Å². The number of nitrogens with one attached hydrogen (secondary N) is 2. The van der Waals surface area contributed by atoms with Gasteiger partial charge in [-0.1, -0.05) is 0 Å². The second-order valence-electron chi connectivity index (χ2n) is 4.07. The Hall–Kier alpha value is -1.41. The standard InChI is InChI=1S/C10H17N3O4S/c1-7(2)18(15,16)13-9(10(14)17-3)4-8-5-11-6-12-8/h5-7,9,13H,4H2,1-3H3,(H,11,12)/t9-/m0/s1. The van der Waals surface area contributed by atoms with E-state index in [1.54, 1.807) is 0 Å². The van der Waals surface area contributed by atoms with Gasteiger partial charge in [-0.15, -0.1) is 0 Å². The van der Waals surface area contributed by atoms with Crippen molar-refractivity contribution in [3.8, 4) is 0 Å². The van der Waals surface area contributed by atoms with E-state index in [9.17, 15) is 13.2 Å². The number of aromatic nitrogens is 2. The van der Waals surface area contributed by atoms with Gasteiger partial charge < -0.3 is 9.72 Å².